The minimum atomic E-state index is -0.644. The molecule has 0 spiro atoms. The standard InChI is InChI=1S/C27H27ClN2O5/c1-17-12-18(2)14-23(13-17)35-22-8-6-20(7-9-22)29-25(31)10-11-27(33)34-16-26(32)30-21-5-4-19(3)24(28)15-21/h4-9,12-15H,10-11,16H2,1-3H3,(H,29,31)(H,30,32). The summed E-state index contributed by atoms with van der Waals surface area (Å²) in [5, 5.41) is 5.84. The Morgan fingerprint density at radius 1 is 0.743 bits per heavy atom. The number of carbonyl (C=O) groups excluding carboxylic acids is 3. The number of rotatable bonds is 9. The van der Waals surface area contributed by atoms with E-state index in [-0.39, 0.29) is 18.7 Å². The maximum absolute atomic E-state index is 12.2. The number of esters is 1. The highest BCUT2D eigenvalue weighted by atomic mass is 35.5. The van der Waals surface area contributed by atoms with E-state index in [1.165, 1.54) is 0 Å². The average Bonchev–Trinajstić information content (AvgIpc) is 2.79. The van der Waals surface area contributed by atoms with Gasteiger partial charge in [-0.05, 0) is 86.0 Å². The first kappa shape index (κ1) is 25.8. The van der Waals surface area contributed by atoms with E-state index in [1.54, 1.807) is 42.5 Å². The Bertz CT molecular complexity index is 1200. The van der Waals surface area contributed by atoms with E-state index in [1.807, 2.05) is 32.9 Å². The minimum Gasteiger partial charge on any atom is -0.457 e. The Morgan fingerprint density at radius 2 is 1.37 bits per heavy atom. The lowest BCUT2D eigenvalue weighted by atomic mass is 10.1. The third-order valence-electron chi connectivity index (χ3n) is 4.95. The van der Waals surface area contributed by atoms with Gasteiger partial charge in [-0.3, -0.25) is 14.4 Å². The van der Waals surface area contributed by atoms with Crippen LogP contribution in [0, 0.1) is 20.8 Å². The summed E-state index contributed by atoms with van der Waals surface area (Å²) in [6, 6.07) is 18.0. The lowest BCUT2D eigenvalue weighted by molar-refractivity contribution is -0.147. The molecule has 2 amide bonds. The van der Waals surface area contributed by atoms with Crippen LogP contribution in [0.1, 0.15) is 29.5 Å². The van der Waals surface area contributed by atoms with Gasteiger partial charge in [0.05, 0.1) is 6.42 Å². The molecular formula is C27H27ClN2O5. The first-order chi connectivity index (χ1) is 16.7. The summed E-state index contributed by atoms with van der Waals surface area (Å²) in [6.45, 7) is 5.41. The smallest absolute Gasteiger partial charge is 0.306 e. The molecule has 0 fully saturated rings. The summed E-state index contributed by atoms with van der Waals surface area (Å²) in [5.74, 6) is -0.0964. The maximum Gasteiger partial charge on any atom is 0.306 e. The topological polar surface area (TPSA) is 93.7 Å². The Balaban J connectivity index is 1.38. The molecule has 0 saturated heterocycles. The van der Waals surface area contributed by atoms with Crippen LogP contribution < -0.4 is 15.4 Å². The number of hydrogen-bond donors (Lipinski definition) is 2. The number of benzene rings is 3. The number of amides is 2. The summed E-state index contributed by atoms with van der Waals surface area (Å²) >= 11 is 6.02. The van der Waals surface area contributed by atoms with Gasteiger partial charge in [-0.25, -0.2) is 0 Å². The van der Waals surface area contributed by atoms with Crippen molar-refractivity contribution in [2.75, 3.05) is 17.2 Å². The first-order valence-electron chi connectivity index (χ1n) is 11.1. The molecule has 7 nitrogen and oxygen atoms in total. The van der Waals surface area contributed by atoms with Gasteiger partial charge in [0, 0.05) is 22.8 Å². The van der Waals surface area contributed by atoms with Crippen molar-refractivity contribution < 1.29 is 23.9 Å². The van der Waals surface area contributed by atoms with Gasteiger partial charge in [0.15, 0.2) is 6.61 Å². The van der Waals surface area contributed by atoms with Crippen LogP contribution in [0.2, 0.25) is 5.02 Å². The van der Waals surface area contributed by atoms with Gasteiger partial charge in [0.25, 0.3) is 5.91 Å². The zero-order chi connectivity index (χ0) is 25.4. The summed E-state index contributed by atoms with van der Waals surface area (Å²) < 4.78 is 10.8. The molecule has 8 heteroatoms. The second kappa shape index (κ2) is 12.0. The van der Waals surface area contributed by atoms with Gasteiger partial charge < -0.3 is 20.1 Å². The number of aryl methyl sites for hydroxylation is 3. The fraction of sp³-hybridized carbons (Fsp3) is 0.222. The van der Waals surface area contributed by atoms with Crippen LogP contribution in [0.25, 0.3) is 0 Å². The molecule has 3 rings (SSSR count). The summed E-state index contributed by atoms with van der Waals surface area (Å²) in [5.41, 5.74) is 4.19. The molecule has 0 atom stereocenters. The predicted molar refractivity (Wildman–Crippen MR) is 136 cm³/mol. The monoisotopic (exact) mass is 494 g/mol. The Hall–Kier alpha value is -3.84. The summed E-state index contributed by atoms with van der Waals surface area (Å²) in [4.78, 5) is 36.0. The minimum absolute atomic E-state index is 0.0746. The second-order valence-electron chi connectivity index (χ2n) is 8.17. The summed E-state index contributed by atoms with van der Waals surface area (Å²) in [6.07, 6.45) is -0.224. The molecule has 3 aromatic carbocycles. The van der Waals surface area contributed by atoms with Crippen LogP contribution in [0.4, 0.5) is 11.4 Å². The molecule has 0 unspecified atom stereocenters. The second-order valence-corrected chi connectivity index (χ2v) is 8.58. The fourth-order valence-electron chi connectivity index (χ4n) is 3.26. The average molecular weight is 495 g/mol. The lowest BCUT2D eigenvalue weighted by Crippen LogP contribution is -2.21. The Morgan fingerprint density at radius 3 is 2.03 bits per heavy atom. The molecule has 0 aromatic heterocycles. The number of carbonyl (C=O) groups is 3. The largest absolute Gasteiger partial charge is 0.457 e. The molecule has 3 aromatic rings. The predicted octanol–water partition coefficient (Wildman–Crippen LogP) is 5.96. The van der Waals surface area contributed by atoms with E-state index < -0.39 is 18.5 Å². The molecule has 35 heavy (non-hydrogen) atoms. The number of halogens is 1. The molecular weight excluding hydrogens is 468 g/mol. The van der Waals surface area contributed by atoms with E-state index >= 15 is 0 Å². The van der Waals surface area contributed by atoms with Crippen LogP contribution >= 0.6 is 11.6 Å². The molecule has 0 bridgehead atoms. The fourth-order valence-corrected chi connectivity index (χ4v) is 3.44. The van der Waals surface area contributed by atoms with Crippen molar-refractivity contribution in [2.24, 2.45) is 0 Å². The van der Waals surface area contributed by atoms with Crippen LogP contribution in [0.5, 0.6) is 11.5 Å². The molecule has 2 N–H and O–H groups in total. The zero-order valence-corrected chi connectivity index (χ0v) is 20.6. The SMILES string of the molecule is Cc1cc(C)cc(Oc2ccc(NC(=O)CCC(=O)OCC(=O)Nc3ccc(C)c(Cl)c3)cc2)c1. The van der Waals surface area contributed by atoms with Crippen molar-refractivity contribution >= 4 is 40.8 Å². The molecule has 182 valence electrons. The molecule has 0 aliphatic heterocycles. The number of hydrogen-bond acceptors (Lipinski definition) is 5. The van der Waals surface area contributed by atoms with Crippen molar-refractivity contribution in [3.63, 3.8) is 0 Å². The highest BCUT2D eigenvalue weighted by Gasteiger charge is 2.12. The number of anilines is 2. The summed E-state index contributed by atoms with van der Waals surface area (Å²) in [7, 11) is 0. The van der Waals surface area contributed by atoms with E-state index in [0.717, 1.165) is 22.4 Å². The van der Waals surface area contributed by atoms with Gasteiger partial charge in [-0.2, -0.15) is 0 Å². The first-order valence-corrected chi connectivity index (χ1v) is 11.4. The van der Waals surface area contributed by atoms with Crippen molar-refractivity contribution in [2.45, 2.75) is 33.6 Å². The van der Waals surface area contributed by atoms with Crippen LogP contribution in [-0.4, -0.2) is 24.4 Å². The van der Waals surface area contributed by atoms with E-state index in [0.29, 0.717) is 22.1 Å². The highest BCUT2D eigenvalue weighted by Crippen LogP contribution is 2.25. The van der Waals surface area contributed by atoms with Crippen molar-refractivity contribution in [1.82, 2.24) is 0 Å². The Kier molecular flexibility index (Phi) is 8.86. The van der Waals surface area contributed by atoms with Crippen molar-refractivity contribution in [3.8, 4) is 11.5 Å². The zero-order valence-electron chi connectivity index (χ0n) is 19.8. The third-order valence-corrected chi connectivity index (χ3v) is 5.35. The molecule has 0 radical (unpaired) electrons. The molecule has 0 heterocycles. The molecule has 0 aliphatic carbocycles. The van der Waals surface area contributed by atoms with Gasteiger partial charge in [-0.15, -0.1) is 0 Å². The van der Waals surface area contributed by atoms with Crippen LogP contribution in [0.15, 0.2) is 60.7 Å². The van der Waals surface area contributed by atoms with Gasteiger partial charge in [0.2, 0.25) is 5.91 Å². The van der Waals surface area contributed by atoms with E-state index in [2.05, 4.69) is 16.7 Å². The van der Waals surface area contributed by atoms with E-state index in [9.17, 15) is 14.4 Å². The van der Waals surface area contributed by atoms with Gasteiger partial charge in [-0.1, -0.05) is 23.7 Å². The van der Waals surface area contributed by atoms with Crippen molar-refractivity contribution in [3.05, 3.63) is 82.4 Å². The lowest BCUT2D eigenvalue weighted by Gasteiger charge is -2.10. The van der Waals surface area contributed by atoms with Crippen LogP contribution in [-0.2, 0) is 19.1 Å². The molecule has 0 saturated carbocycles. The van der Waals surface area contributed by atoms with Gasteiger partial charge >= 0.3 is 5.97 Å². The van der Waals surface area contributed by atoms with Gasteiger partial charge in [0.1, 0.15) is 11.5 Å². The number of ether oxygens (including phenoxy) is 2. The van der Waals surface area contributed by atoms with Crippen molar-refractivity contribution in [1.29, 1.82) is 0 Å². The quantitative estimate of drug-likeness (QED) is 0.358. The Labute approximate surface area is 209 Å². The third kappa shape index (κ3) is 8.46. The van der Waals surface area contributed by atoms with E-state index in [4.69, 9.17) is 21.1 Å². The molecule has 0 aliphatic rings. The normalized spacial score (nSPS) is 10.4. The number of nitrogens with one attached hydrogen (secondary N) is 2. The maximum atomic E-state index is 12.2. The van der Waals surface area contributed by atoms with Crippen LogP contribution in [0.3, 0.4) is 0 Å². The highest BCUT2D eigenvalue weighted by molar-refractivity contribution is 6.31.